The molecule has 0 atom stereocenters. The number of ether oxygens (including phenoxy) is 1. The summed E-state index contributed by atoms with van der Waals surface area (Å²) in [5.41, 5.74) is 1.55. The highest BCUT2D eigenvalue weighted by atomic mass is 16.5. The van der Waals surface area contributed by atoms with E-state index in [9.17, 15) is 9.59 Å². The van der Waals surface area contributed by atoms with Gasteiger partial charge in [0.05, 0.1) is 12.2 Å². The Balaban J connectivity index is 1.64. The molecule has 3 aromatic carbocycles. The smallest absolute Gasteiger partial charge is 0.332 e. The summed E-state index contributed by atoms with van der Waals surface area (Å²) >= 11 is 0. The number of urea groups is 1. The van der Waals surface area contributed by atoms with Crippen LogP contribution in [0.3, 0.4) is 0 Å². The number of rotatable bonds is 6. The number of carbonyl (C=O) groups excluding carboxylic acids is 2. The van der Waals surface area contributed by atoms with E-state index in [0.29, 0.717) is 11.4 Å². The van der Waals surface area contributed by atoms with E-state index in [0.717, 1.165) is 23.3 Å². The number of nitrogens with zero attached hydrogens (tertiary/aromatic N) is 2. The number of imide groups is 1. The molecule has 4 rings (SSSR count). The summed E-state index contributed by atoms with van der Waals surface area (Å²) in [5, 5.41) is 0. The van der Waals surface area contributed by atoms with Crippen molar-refractivity contribution in [3.63, 3.8) is 0 Å². The molecule has 1 aliphatic heterocycles. The third-order valence-corrected chi connectivity index (χ3v) is 5.67. The molecule has 0 radical (unpaired) electrons. The predicted octanol–water partition coefficient (Wildman–Crippen LogP) is 5.79. The van der Waals surface area contributed by atoms with Gasteiger partial charge in [-0.3, -0.25) is 4.79 Å². The maximum absolute atomic E-state index is 13.4. The van der Waals surface area contributed by atoms with E-state index in [2.05, 4.69) is 0 Å². The SMILES string of the molecule is CCc1cccc(N2C(=O)N(Cc3ccccc3Oc3ccccc3)C(C)(C)C2=O)c1. The third kappa shape index (κ3) is 3.91. The number of anilines is 1. The van der Waals surface area contributed by atoms with Crippen molar-refractivity contribution < 1.29 is 14.3 Å². The summed E-state index contributed by atoms with van der Waals surface area (Å²) in [5.74, 6) is 1.15. The van der Waals surface area contributed by atoms with Crippen LogP contribution in [0.1, 0.15) is 31.9 Å². The van der Waals surface area contributed by atoms with Gasteiger partial charge in [0.2, 0.25) is 0 Å². The maximum Gasteiger partial charge on any atom is 0.332 e. The zero-order chi connectivity index (χ0) is 22.0. The number of para-hydroxylation sites is 2. The van der Waals surface area contributed by atoms with Gasteiger partial charge >= 0.3 is 6.03 Å². The normalized spacial score (nSPS) is 15.5. The second-order valence-electron chi connectivity index (χ2n) is 8.11. The van der Waals surface area contributed by atoms with Gasteiger partial charge in [-0.15, -0.1) is 0 Å². The van der Waals surface area contributed by atoms with Gasteiger partial charge in [-0.05, 0) is 56.2 Å². The molecule has 0 unspecified atom stereocenters. The minimum absolute atomic E-state index is 0.229. The van der Waals surface area contributed by atoms with Crippen molar-refractivity contribution in [1.82, 2.24) is 4.90 Å². The van der Waals surface area contributed by atoms with E-state index in [1.54, 1.807) is 24.8 Å². The van der Waals surface area contributed by atoms with Crippen LogP contribution in [-0.4, -0.2) is 22.4 Å². The third-order valence-electron chi connectivity index (χ3n) is 5.67. The van der Waals surface area contributed by atoms with Crippen LogP contribution in [0, 0.1) is 0 Å². The van der Waals surface area contributed by atoms with Gasteiger partial charge in [-0.25, -0.2) is 9.69 Å². The van der Waals surface area contributed by atoms with Crippen molar-refractivity contribution in [2.24, 2.45) is 0 Å². The fourth-order valence-electron chi connectivity index (χ4n) is 3.76. The van der Waals surface area contributed by atoms with E-state index in [1.807, 2.05) is 79.7 Å². The summed E-state index contributed by atoms with van der Waals surface area (Å²) in [4.78, 5) is 29.5. The van der Waals surface area contributed by atoms with Crippen molar-refractivity contribution in [3.05, 3.63) is 90.0 Å². The van der Waals surface area contributed by atoms with Crippen LogP contribution in [0.15, 0.2) is 78.9 Å². The second kappa shape index (κ2) is 8.26. The van der Waals surface area contributed by atoms with Gasteiger partial charge in [-0.2, -0.15) is 0 Å². The first-order valence-electron chi connectivity index (χ1n) is 10.5. The molecule has 5 heteroatoms. The van der Waals surface area contributed by atoms with Crippen LogP contribution in [0.25, 0.3) is 0 Å². The molecule has 5 nitrogen and oxygen atoms in total. The van der Waals surface area contributed by atoms with Crippen LogP contribution in [-0.2, 0) is 17.8 Å². The Bertz CT molecular complexity index is 1110. The number of benzene rings is 3. The van der Waals surface area contributed by atoms with Crippen LogP contribution in [0.4, 0.5) is 10.5 Å². The Morgan fingerprint density at radius 3 is 2.32 bits per heavy atom. The maximum atomic E-state index is 13.4. The summed E-state index contributed by atoms with van der Waals surface area (Å²) in [6, 6.07) is 24.4. The molecule has 1 saturated heterocycles. The quantitative estimate of drug-likeness (QED) is 0.480. The Morgan fingerprint density at radius 1 is 0.871 bits per heavy atom. The Morgan fingerprint density at radius 2 is 1.58 bits per heavy atom. The Hall–Kier alpha value is -3.60. The fraction of sp³-hybridized carbons (Fsp3) is 0.231. The second-order valence-corrected chi connectivity index (χ2v) is 8.11. The van der Waals surface area contributed by atoms with Crippen LogP contribution >= 0.6 is 0 Å². The highest BCUT2D eigenvalue weighted by Crippen LogP contribution is 2.35. The molecule has 1 fully saturated rings. The van der Waals surface area contributed by atoms with E-state index in [1.165, 1.54) is 4.90 Å². The Labute approximate surface area is 182 Å². The lowest BCUT2D eigenvalue weighted by Gasteiger charge is -2.28. The lowest BCUT2D eigenvalue weighted by molar-refractivity contribution is -0.123. The van der Waals surface area contributed by atoms with Crippen molar-refractivity contribution in [2.45, 2.75) is 39.3 Å². The van der Waals surface area contributed by atoms with Gasteiger partial charge in [-0.1, -0.05) is 55.5 Å². The minimum Gasteiger partial charge on any atom is -0.457 e. The van der Waals surface area contributed by atoms with Gasteiger partial charge in [0.1, 0.15) is 17.0 Å². The molecular formula is C26H26N2O3. The molecule has 0 N–H and O–H groups in total. The van der Waals surface area contributed by atoms with E-state index < -0.39 is 5.54 Å². The summed E-state index contributed by atoms with van der Waals surface area (Å²) in [6.07, 6.45) is 0.835. The molecule has 31 heavy (non-hydrogen) atoms. The number of amides is 3. The van der Waals surface area contributed by atoms with Gasteiger partial charge < -0.3 is 9.64 Å². The number of hydrogen-bond donors (Lipinski definition) is 0. The average Bonchev–Trinajstić information content (AvgIpc) is 2.95. The topological polar surface area (TPSA) is 49.9 Å². The first kappa shape index (κ1) is 20.7. The lowest BCUT2D eigenvalue weighted by atomic mass is 10.0. The molecule has 3 aromatic rings. The van der Waals surface area contributed by atoms with Gasteiger partial charge in [0.15, 0.2) is 0 Å². The average molecular weight is 415 g/mol. The molecule has 0 saturated carbocycles. The molecule has 0 aliphatic carbocycles. The largest absolute Gasteiger partial charge is 0.457 e. The van der Waals surface area contributed by atoms with Gasteiger partial charge in [0.25, 0.3) is 5.91 Å². The fourth-order valence-corrected chi connectivity index (χ4v) is 3.76. The molecule has 3 amide bonds. The molecule has 1 aliphatic rings. The van der Waals surface area contributed by atoms with Gasteiger partial charge in [0, 0.05) is 5.56 Å². The first-order valence-corrected chi connectivity index (χ1v) is 10.5. The lowest BCUT2D eigenvalue weighted by Crippen LogP contribution is -2.43. The van der Waals surface area contributed by atoms with E-state index in [-0.39, 0.29) is 18.5 Å². The summed E-state index contributed by atoms with van der Waals surface area (Å²) in [6.45, 7) is 5.90. The van der Waals surface area contributed by atoms with Crippen LogP contribution in [0.2, 0.25) is 0 Å². The van der Waals surface area contributed by atoms with Crippen molar-refractivity contribution >= 4 is 17.6 Å². The number of carbonyl (C=O) groups is 2. The molecule has 0 aromatic heterocycles. The van der Waals surface area contributed by atoms with Crippen molar-refractivity contribution in [1.29, 1.82) is 0 Å². The highest BCUT2D eigenvalue weighted by Gasteiger charge is 2.51. The highest BCUT2D eigenvalue weighted by molar-refractivity contribution is 6.22. The predicted molar refractivity (Wildman–Crippen MR) is 121 cm³/mol. The molecule has 0 bridgehead atoms. The zero-order valence-electron chi connectivity index (χ0n) is 18.0. The van der Waals surface area contributed by atoms with Crippen LogP contribution < -0.4 is 9.64 Å². The molecule has 0 spiro atoms. The summed E-state index contributed by atoms with van der Waals surface area (Å²) < 4.78 is 6.06. The van der Waals surface area contributed by atoms with E-state index >= 15 is 0 Å². The number of aryl methyl sites for hydroxylation is 1. The Kier molecular flexibility index (Phi) is 5.51. The zero-order valence-corrected chi connectivity index (χ0v) is 18.0. The molecular weight excluding hydrogens is 388 g/mol. The van der Waals surface area contributed by atoms with Crippen LogP contribution in [0.5, 0.6) is 11.5 Å². The number of hydrogen-bond acceptors (Lipinski definition) is 3. The summed E-state index contributed by atoms with van der Waals surface area (Å²) in [7, 11) is 0. The minimum atomic E-state index is -0.973. The molecule has 1 heterocycles. The monoisotopic (exact) mass is 414 g/mol. The van der Waals surface area contributed by atoms with Crippen molar-refractivity contribution in [2.75, 3.05) is 4.90 Å². The standard InChI is InChI=1S/C26H26N2O3/c1-4-19-11-10-13-21(17-19)28-24(29)26(2,3)27(25(28)30)18-20-12-8-9-16-23(20)31-22-14-6-5-7-15-22/h5-17H,4,18H2,1-3H3. The first-order chi connectivity index (χ1) is 14.9. The van der Waals surface area contributed by atoms with E-state index in [4.69, 9.17) is 4.74 Å². The van der Waals surface area contributed by atoms with Crippen molar-refractivity contribution in [3.8, 4) is 11.5 Å². The molecule has 158 valence electrons.